The summed E-state index contributed by atoms with van der Waals surface area (Å²) in [6.07, 6.45) is 0. The second-order valence-corrected chi connectivity index (χ2v) is 3.94. The Bertz CT molecular complexity index is 507. The Hall–Kier alpha value is -1.36. The van der Waals surface area contributed by atoms with E-state index < -0.39 is 0 Å². The molecule has 0 saturated heterocycles. The molecule has 0 aliphatic heterocycles. The summed E-state index contributed by atoms with van der Waals surface area (Å²) in [6, 6.07) is 6.52. The second-order valence-electron chi connectivity index (χ2n) is 3.15. The molecule has 0 spiro atoms. The van der Waals surface area contributed by atoms with Crippen molar-refractivity contribution in [3.63, 3.8) is 0 Å². The summed E-state index contributed by atoms with van der Waals surface area (Å²) in [7, 11) is 1.73. The van der Waals surface area contributed by atoms with E-state index in [-0.39, 0.29) is 5.82 Å². The molecule has 2 N–H and O–H groups in total. The molecule has 2 aromatic rings. The molecule has 0 bridgehead atoms. The van der Waals surface area contributed by atoms with Gasteiger partial charge in [0.2, 0.25) is 0 Å². The molecular weight excluding hydrogens is 261 g/mol. The van der Waals surface area contributed by atoms with Crippen molar-refractivity contribution in [3.8, 4) is 11.3 Å². The van der Waals surface area contributed by atoms with Gasteiger partial charge in [0.25, 0.3) is 0 Å². The predicted molar refractivity (Wildman–Crippen MR) is 60.7 cm³/mol. The molecule has 0 aliphatic carbocycles. The summed E-state index contributed by atoms with van der Waals surface area (Å²) in [5.74, 6) is 0.0666. The zero-order valence-corrected chi connectivity index (χ0v) is 9.62. The molecule has 0 amide bonds. The van der Waals surface area contributed by atoms with Gasteiger partial charge in [-0.1, -0.05) is 12.1 Å². The maximum absolute atomic E-state index is 13.5. The highest BCUT2D eigenvalue weighted by atomic mass is 79.9. The fourth-order valence-corrected chi connectivity index (χ4v) is 2.01. The van der Waals surface area contributed by atoms with Gasteiger partial charge in [-0.25, -0.2) is 4.39 Å². The molecule has 2 rings (SSSR count). The Kier molecular flexibility index (Phi) is 2.48. The van der Waals surface area contributed by atoms with Gasteiger partial charge in [0.1, 0.15) is 5.82 Å². The van der Waals surface area contributed by atoms with Crippen molar-refractivity contribution in [2.24, 2.45) is 7.05 Å². The first-order chi connectivity index (χ1) is 7.11. The minimum Gasteiger partial charge on any atom is -0.381 e. The van der Waals surface area contributed by atoms with Crippen LogP contribution in [0.4, 0.5) is 10.2 Å². The van der Waals surface area contributed by atoms with E-state index in [2.05, 4.69) is 21.0 Å². The van der Waals surface area contributed by atoms with Gasteiger partial charge in [0.05, 0.1) is 10.2 Å². The first-order valence-corrected chi connectivity index (χ1v) is 5.13. The lowest BCUT2D eigenvalue weighted by atomic mass is 10.1. The highest BCUT2D eigenvalue weighted by Gasteiger charge is 2.15. The zero-order valence-electron chi connectivity index (χ0n) is 8.04. The number of halogens is 2. The van der Waals surface area contributed by atoms with Crippen LogP contribution in [0.5, 0.6) is 0 Å². The largest absolute Gasteiger partial charge is 0.381 e. The van der Waals surface area contributed by atoms with E-state index in [1.165, 1.54) is 6.07 Å². The summed E-state index contributed by atoms with van der Waals surface area (Å²) in [4.78, 5) is 0. The number of aromatic nitrogens is 2. The Morgan fingerprint density at radius 1 is 1.40 bits per heavy atom. The first kappa shape index (κ1) is 10.2. The number of hydrogen-bond donors (Lipinski definition) is 1. The highest BCUT2D eigenvalue weighted by Crippen LogP contribution is 2.33. The summed E-state index contributed by atoms with van der Waals surface area (Å²) < 4.78 is 15.7. The lowest BCUT2D eigenvalue weighted by Gasteiger charge is -2.03. The molecule has 0 aliphatic rings. The third-order valence-corrected chi connectivity index (χ3v) is 2.92. The fourth-order valence-electron chi connectivity index (χ4n) is 1.46. The van der Waals surface area contributed by atoms with Crippen LogP contribution in [0.2, 0.25) is 0 Å². The molecule has 0 radical (unpaired) electrons. The van der Waals surface area contributed by atoms with E-state index >= 15 is 0 Å². The third-order valence-electron chi connectivity index (χ3n) is 2.14. The SMILES string of the molecule is Cn1nc(N)c(Br)c1-c1ccccc1F. The van der Waals surface area contributed by atoms with E-state index in [0.717, 1.165) is 0 Å². The van der Waals surface area contributed by atoms with Gasteiger partial charge in [0.15, 0.2) is 5.82 Å². The van der Waals surface area contributed by atoms with E-state index in [9.17, 15) is 4.39 Å². The lowest BCUT2D eigenvalue weighted by Crippen LogP contribution is -1.96. The smallest absolute Gasteiger partial charge is 0.160 e. The summed E-state index contributed by atoms with van der Waals surface area (Å²) in [5, 5.41) is 4.01. The number of nitrogens with two attached hydrogens (primary N) is 1. The van der Waals surface area contributed by atoms with Gasteiger partial charge in [-0.2, -0.15) is 5.10 Å². The van der Waals surface area contributed by atoms with Gasteiger partial charge in [-0.05, 0) is 28.1 Å². The van der Waals surface area contributed by atoms with Crippen molar-refractivity contribution >= 4 is 21.7 Å². The van der Waals surface area contributed by atoms with Crippen LogP contribution in [0, 0.1) is 5.82 Å². The Morgan fingerprint density at radius 2 is 2.07 bits per heavy atom. The molecule has 0 unspecified atom stereocenters. The van der Waals surface area contributed by atoms with Crippen molar-refractivity contribution in [1.29, 1.82) is 0 Å². The average Bonchev–Trinajstić information content (AvgIpc) is 2.43. The van der Waals surface area contributed by atoms with E-state index in [1.54, 1.807) is 29.9 Å². The van der Waals surface area contributed by atoms with Gasteiger partial charge in [-0.3, -0.25) is 4.68 Å². The minimum atomic E-state index is -0.291. The molecule has 3 nitrogen and oxygen atoms in total. The summed E-state index contributed by atoms with van der Waals surface area (Å²) in [6.45, 7) is 0. The molecular formula is C10H9BrFN3. The molecule has 0 saturated carbocycles. The third kappa shape index (κ3) is 1.63. The maximum atomic E-state index is 13.5. The Labute approximate surface area is 94.8 Å². The lowest BCUT2D eigenvalue weighted by molar-refractivity contribution is 0.628. The molecule has 1 aromatic heterocycles. The van der Waals surface area contributed by atoms with E-state index in [1.807, 2.05) is 0 Å². The van der Waals surface area contributed by atoms with Crippen molar-refractivity contribution in [2.75, 3.05) is 5.73 Å². The van der Waals surface area contributed by atoms with Crippen LogP contribution in [-0.2, 0) is 7.05 Å². The van der Waals surface area contributed by atoms with Crippen molar-refractivity contribution in [2.45, 2.75) is 0 Å². The molecule has 15 heavy (non-hydrogen) atoms. The standard InChI is InChI=1S/C10H9BrFN3/c1-15-9(8(11)10(13)14-15)6-4-2-3-5-7(6)12/h2-5H,1H3,(H2,13,14). The predicted octanol–water partition coefficient (Wildman–Crippen LogP) is 2.57. The number of nitrogen functional groups attached to an aromatic ring is 1. The van der Waals surface area contributed by atoms with Crippen molar-refractivity contribution in [3.05, 3.63) is 34.6 Å². The Morgan fingerprint density at radius 3 is 2.60 bits per heavy atom. The van der Waals surface area contributed by atoms with Gasteiger partial charge in [-0.15, -0.1) is 0 Å². The summed E-state index contributed by atoms with van der Waals surface area (Å²) in [5.41, 5.74) is 6.75. The van der Waals surface area contributed by atoms with Crippen LogP contribution in [0.1, 0.15) is 0 Å². The normalized spacial score (nSPS) is 10.6. The number of anilines is 1. The van der Waals surface area contributed by atoms with Gasteiger partial charge >= 0.3 is 0 Å². The molecule has 1 aromatic carbocycles. The Balaban J connectivity index is 2.69. The van der Waals surface area contributed by atoms with Gasteiger partial charge in [0, 0.05) is 12.6 Å². The maximum Gasteiger partial charge on any atom is 0.160 e. The van der Waals surface area contributed by atoms with E-state index in [4.69, 9.17) is 5.73 Å². The van der Waals surface area contributed by atoms with Crippen LogP contribution in [0.25, 0.3) is 11.3 Å². The molecule has 0 fully saturated rings. The molecule has 5 heteroatoms. The zero-order chi connectivity index (χ0) is 11.0. The van der Waals surface area contributed by atoms with Crippen LogP contribution in [0.15, 0.2) is 28.7 Å². The minimum absolute atomic E-state index is 0.291. The summed E-state index contributed by atoms with van der Waals surface area (Å²) >= 11 is 3.30. The number of benzene rings is 1. The highest BCUT2D eigenvalue weighted by molar-refractivity contribution is 9.10. The molecule has 78 valence electrons. The topological polar surface area (TPSA) is 43.8 Å². The van der Waals surface area contributed by atoms with Crippen molar-refractivity contribution < 1.29 is 4.39 Å². The van der Waals surface area contributed by atoms with Crippen LogP contribution in [0.3, 0.4) is 0 Å². The monoisotopic (exact) mass is 269 g/mol. The number of rotatable bonds is 1. The van der Waals surface area contributed by atoms with E-state index in [0.29, 0.717) is 21.5 Å². The van der Waals surface area contributed by atoms with Crippen LogP contribution < -0.4 is 5.73 Å². The molecule has 0 atom stereocenters. The number of hydrogen-bond acceptors (Lipinski definition) is 2. The van der Waals surface area contributed by atoms with Gasteiger partial charge < -0.3 is 5.73 Å². The fraction of sp³-hybridized carbons (Fsp3) is 0.100. The second kappa shape index (κ2) is 3.66. The quantitative estimate of drug-likeness (QED) is 0.865. The number of aryl methyl sites for hydroxylation is 1. The average molecular weight is 270 g/mol. The molecule has 1 heterocycles. The van der Waals surface area contributed by atoms with Crippen LogP contribution >= 0.6 is 15.9 Å². The van der Waals surface area contributed by atoms with Crippen LogP contribution in [-0.4, -0.2) is 9.78 Å². The number of nitrogens with zero attached hydrogens (tertiary/aromatic N) is 2. The van der Waals surface area contributed by atoms with Crippen molar-refractivity contribution in [1.82, 2.24) is 9.78 Å². The first-order valence-electron chi connectivity index (χ1n) is 4.34.